The maximum Gasteiger partial charge on any atom is 0.319 e. The Balaban J connectivity index is 2.03. The van der Waals surface area contributed by atoms with Crippen molar-refractivity contribution in [2.45, 2.75) is 18.9 Å². The van der Waals surface area contributed by atoms with Gasteiger partial charge in [-0.3, -0.25) is 0 Å². The highest BCUT2D eigenvalue weighted by atomic mass is 79.9. The first-order valence-corrected chi connectivity index (χ1v) is 8.93. The van der Waals surface area contributed by atoms with Crippen molar-refractivity contribution >= 4 is 49.1 Å². The van der Waals surface area contributed by atoms with Crippen molar-refractivity contribution in [3.63, 3.8) is 0 Å². The summed E-state index contributed by atoms with van der Waals surface area (Å²) in [7, 11) is -3.06. The Morgan fingerprint density at radius 2 is 2.15 bits per heavy atom. The van der Waals surface area contributed by atoms with E-state index in [4.69, 9.17) is 11.6 Å². The third kappa shape index (κ3) is 3.86. The van der Waals surface area contributed by atoms with Gasteiger partial charge in [-0.25, -0.2) is 13.2 Å². The molecule has 2 amide bonds. The SMILES string of the molecule is C[C@@]1(NC(=O)Nc2ccc(Br)cc2Cl)CCS(=O)(=O)C1. The average molecular weight is 382 g/mol. The molecule has 1 atom stereocenters. The molecule has 2 rings (SSSR count). The van der Waals surface area contributed by atoms with Gasteiger partial charge in [0.05, 0.1) is 27.8 Å². The van der Waals surface area contributed by atoms with E-state index in [-0.39, 0.29) is 11.5 Å². The van der Waals surface area contributed by atoms with Crippen molar-refractivity contribution in [1.82, 2.24) is 5.32 Å². The summed E-state index contributed by atoms with van der Waals surface area (Å²) in [5.74, 6) is 0.0598. The summed E-state index contributed by atoms with van der Waals surface area (Å²) in [5.41, 5.74) is -0.262. The third-order valence-electron chi connectivity index (χ3n) is 3.10. The molecule has 1 aliphatic rings. The Morgan fingerprint density at radius 1 is 1.45 bits per heavy atom. The van der Waals surface area contributed by atoms with Crippen LogP contribution in [0.1, 0.15) is 13.3 Å². The summed E-state index contributed by atoms with van der Waals surface area (Å²) in [5, 5.41) is 5.72. The van der Waals surface area contributed by atoms with Crippen molar-refractivity contribution in [1.29, 1.82) is 0 Å². The number of carbonyl (C=O) groups excluding carboxylic acids is 1. The largest absolute Gasteiger partial charge is 0.332 e. The summed E-state index contributed by atoms with van der Waals surface area (Å²) in [4.78, 5) is 11.9. The maximum absolute atomic E-state index is 11.9. The molecule has 0 spiro atoms. The molecule has 1 aromatic carbocycles. The van der Waals surface area contributed by atoms with Crippen LogP contribution in [0.2, 0.25) is 5.02 Å². The van der Waals surface area contributed by atoms with Crippen molar-refractivity contribution < 1.29 is 13.2 Å². The molecular formula is C12H14BrClN2O3S. The fraction of sp³-hybridized carbons (Fsp3) is 0.417. The van der Waals surface area contributed by atoms with Gasteiger partial charge in [0, 0.05) is 4.47 Å². The van der Waals surface area contributed by atoms with E-state index in [1.54, 1.807) is 25.1 Å². The molecule has 0 aromatic heterocycles. The molecule has 0 bridgehead atoms. The molecule has 1 fully saturated rings. The van der Waals surface area contributed by atoms with Gasteiger partial charge < -0.3 is 10.6 Å². The topological polar surface area (TPSA) is 75.3 Å². The van der Waals surface area contributed by atoms with E-state index < -0.39 is 21.4 Å². The normalized spacial score (nSPS) is 24.4. The number of hydrogen-bond donors (Lipinski definition) is 2. The third-order valence-corrected chi connectivity index (χ3v) is 5.81. The van der Waals surface area contributed by atoms with Crippen LogP contribution in [0.15, 0.2) is 22.7 Å². The lowest BCUT2D eigenvalue weighted by Gasteiger charge is -2.24. The van der Waals surface area contributed by atoms with E-state index in [9.17, 15) is 13.2 Å². The van der Waals surface area contributed by atoms with Crippen LogP contribution in [0.5, 0.6) is 0 Å². The van der Waals surface area contributed by atoms with Crippen LogP contribution in [-0.4, -0.2) is 31.5 Å². The fourth-order valence-corrected chi connectivity index (χ4v) is 4.94. The zero-order chi connectivity index (χ0) is 15.0. The quantitative estimate of drug-likeness (QED) is 0.827. The molecule has 2 N–H and O–H groups in total. The zero-order valence-electron chi connectivity index (χ0n) is 10.7. The van der Waals surface area contributed by atoms with Crippen molar-refractivity contribution in [3.05, 3.63) is 27.7 Å². The van der Waals surface area contributed by atoms with Gasteiger partial charge in [0.15, 0.2) is 9.84 Å². The monoisotopic (exact) mass is 380 g/mol. The van der Waals surface area contributed by atoms with Crippen LogP contribution in [0, 0.1) is 0 Å². The van der Waals surface area contributed by atoms with Gasteiger partial charge in [0.1, 0.15) is 0 Å². The summed E-state index contributed by atoms with van der Waals surface area (Å²) in [6, 6.07) is 4.62. The van der Waals surface area contributed by atoms with E-state index in [1.165, 1.54) is 0 Å². The molecule has 1 heterocycles. The summed E-state index contributed by atoms with van der Waals surface area (Å²) in [6.07, 6.45) is 0.414. The van der Waals surface area contributed by atoms with Gasteiger partial charge in [-0.15, -0.1) is 0 Å². The fourth-order valence-electron chi connectivity index (χ4n) is 2.13. The smallest absolute Gasteiger partial charge is 0.319 e. The number of rotatable bonds is 2. The average Bonchev–Trinajstić information content (AvgIpc) is 2.56. The van der Waals surface area contributed by atoms with Crippen LogP contribution in [0.3, 0.4) is 0 Å². The van der Waals surface area contributed by atoms with Gasteiger partial charge in [0.25, 0.3) is 0 Å². The van der Waals surface area contributed by atoms with Gasteiger partial charge in [-0.1, -0.05) is 27.5 Å². The molecule has 0 radical (unpaired) electrons. The molecule has 1 saturated heterocycles. The Bertz CT molecular complexity index is 650. The van der Waals surface area contributed by atoms with Gasteiger partial charge in [-0.05, 0) is 31.5 Å². The lowest BCUT2D eigenvalue weighted by Crippen LogP contribution is -2.48. The van der Waals surface area contributed by atoms with E-state index >= 15 is 0 Å². The molecule has 0 aliphatic carbocycles. The van der Waals surface area contributed by atoms with E-state index in [0.29, 0.717) is 17.1 Å². The molecule has 8 heteroatoms. The zero-order valence-corrected chi connectivity index (χ0v) is 13.9. The first-order chi connectivity index (χ1) is 9.19. The highest BCUT2D eigenvalue weighted by molar-refractivity contribution is 9.10. The van der Waals surface area contributed by atoms with E-state index in [2.05, 4.69) is 26.6 Å². The number of benzene rings is 1. The minimum Gasteiger partial charge on any atom is -0.332 e. The first kappa shape index (κ1) is 15.6. The number of carbonyl (C=O) groups is 1. The predicted molar refractivity (Wildman–Crippen MR) is 83.0 cm³/mol. The second-order valence-corrected chi connectivity index (χ2v) is 8.61. The molecule has 110 valence electrons. The minimum atomic E-state index is -3.06. The predicted octanol–water partition coefficient (Wildman–Crippen LogP) is 2.80. The molecular weight excluding hydrogens is 368 g/mol. The van der Waals surface area contributed by atoms with Crippen LogP contribution < -0.4 is 10.6 Å². The van der Waals surface area contributed by atoms with Crippen molar-refractivity contribution in [2.75, 3.05) is 16.8 Å². The molecule has 0 unspecified atom stereocenters. The number of halogens is 2. The Hall–Kier alpha value is -0.790. The molecule has 0 saturated carbocycles. The summed E-state index contributed by atoms with van der Waals surface area (Å²) < 4.78 is 23.8. The van der Waals surface area contributed by atoms with Gasteiger partial charge in [-0.2, -0.15) is 0 Å². The van der Waals surface area contributed by atoms with Crippen LogP contribution >= 0.6 is 27.5 Å². The molecule has 5 nitrogen and oxygen atoms in total. The van der Waals surface area contributed by atoms with Gasteiger partial charge >= 0.3 is 6.03 Å². The van der Waals surface area contributed by atoms with Gasteiger partial charge in [0.2, 0.25) is 0 Å². The van der Waals surface area contributed by atoms with E-state index in [1.807, 2.05) is 0 Å². The van der Waals surface area contributed by atoms with Crippen molar-refractivity contribution in [3.8, 4) is 0 Å². The first-order valence-electron chi connectivity index (χ1n) is 5.94. The second kappa shape index (κ2) is 5.54. The highest BCUT2D eigenvalue weighted by Crippen LogP contribution is 2.26. The molecule has 1 aromatic rings. The second-order valence-electron chi connectivity index (χ2n) is 5.11. The minimum absolute atomic E-state index is 0.0402. The standard InChI is InChI=1S/C12H14BrClN2O3S/c1-12(4-5-20(18,19)7-12)16-11(17)15-10-3-2-8(13)6-9(10)14/h2-3,6H,4-5,7H2,1H3,(H2,15,16,17)/t12-/m1/s1. The van der Waals surface area contributed by atoms with Crippen LogP contribution in [-0.2, 0) is 9.84 Å². The Labute approximate surface area is 131 Å². The lowest BCUT2D eigenvalue weighted by molar-refractivity contribution is 0.242. The van der Waals surface area contributed by atoms with Crippen molar-refractivity contribution in [2.24, 2.45) is 0 Å². The highest BCUT2D eigenvalue weighted by Gasteiger charge is 2.39. The van der Waals surface area contributed by atoms with Crippen LogP contribution in [0.4, 0.5) is 10.5 Å². The van der Waals surface area contributed by atoms with Crippen LogP contribution in [0.25, 0.3) is 0 Å². The Morgan fingerprint density at radius 3 is 2.70 bits per heavy atom. The molecule has 20 heavy (non-hydrogen) atoms. The number of nitrogens with one attached hydrogen (secondary N) is 2. The Kier molecular flexibility index (Phi) is 4.32. The number of amides is 2. The van der Waals surface area contributed by atoms with E-state index in [0.717, 1.165) is 4.47 Å². The number of sulfone groups is 1. The number of urea groups is 1. The number of hydrogen-bond acceptors (Lipinski definition) is 3. The summed E-state index contributed by atoms with van der Waals surface area (Å²) in [6.45, 7) is 1.72. The lowest BCUT2D eigenvalue weighted by atomic mass is 10.0. The maximum atomic E-state index is 11.9. The molecule has 1 aliphatic heterocycles. The summed E-state index contributed by atoms with van der Waals surface area (Å²) >= 11 is 9.28. The number of anilines is 1.